The second-order valence-corrected chi connectivity index (χ2v) is 9.29. The van der Waals surface area contributed by atoms with Gasteiger partial charge in [-0.05, 0) is 36.6 Å². The van der Waals surface area contributed by atoms with Crippen molar-refractivity contribution in [2.24, 2.45) is 11.1 Å². The monoisotopic (exact) mass is 504 g/mol. The number of aliphatic hydroxyl groups is 1. The molecule has 1 heterocycles. The van der Waals surface area contributed by atoms with Gasteiger partial charge in [0.05, 0.1) is 11.3 Å². The van der Waals surface area contributed by atoms with Crippen LogP contribution >= 0.6 is 0 Å². The van der Waals surface area contributed by atoms with E-state index in [1.54, 1.807) is 24.4 Å². The Morgan fingerprint density at radius 3 is 2.47 bits per heavy atom. The van der Waals surface area contributed by atoms with Gasteiger partial charge in [0.1, 0.15) is 11.6 Å². The summed E-state index contributed by atoms with van der Waals surface area (Å²) < 4.78 is 43.9. The number of amides is 1. The van der Waals surface area contributed by atoms with Crippen molar-refractivity contribution in [2.75, 3.05) is 13.2 Å². The largest absolute Gasteiger partial charge is 0.419 e. The van der Waals surface area contributed by atoms with Gasteiger partial charge in [-0.25, -0.2) is 14.4 Å². The number of carbonyl (C=O) groups is 2. The maximum atomic E-state index is 14.9. The number of aliphatic hydroxyl groups excluding tert-OH is 1. The van der Waals surface area contributed by atoms with Gasteiger partial charge in [0.25, 0.3) is 5.91 Å². The standard InChI is InChI=1S/C25H27F3N4O4/c26-25(27,23(35)36-28)21(30-14-24(15-33)11-2-1-3-12-24)16-7-9-18(10-8-16)32-13-17-5-4-6-19(22(29)34)20(17)31-32/h4-10,13,21,30,33H,1-3,11-12,14-15H2,(H2,29,34). The molecule has 0 radical (unpaired) electrons. The Hall–Kier alpha value is -3.44. The first-order valence-corrected chi connectivity index (χ1v) is 11.6. The van der Waals surface area contributed by atoms with E-state index in [2.05, 4.69) is 15.4 Å². The molecule has 1 saturated carbocycles. The number of nitrogens with zero attached hydrogens (tertiary/aromatic N) is 2. The molecule has 1 unspecified atom stereocenters. The fraction of sp³-hybridized carbons (Fsp3) is 0.400. The second-order valence-electron chi connectivity index (χ2n) is 9.29. The van der Waals surface area contributed by atoms with Crippen LogP contribution in [0, 0.1) is 5.41 Å². The van der Waals surface area contributed by atoms with E-state index in [-0.39, 0.29) is 24.3 Å². The zero-order chi connectivity index (χ0) is 25.9. The van der Waals surface area contributed by atoms with Gasteiger partial charge in [0.2, 0.25) is 0 Å². The van der Waals surface area contributed by atoms with Crippen molar-refractivity contribution in [1.82, 2.24) is 15.1 Å². The lowest BCUT2D eigenvalue weighted by Gasteiger charge is -2.38. The molecule has 0 spiro atoms. The summed E-state index contributed by atoms with van der Waals surface area (Å²) in [4.78, 5) is 26.2. The summed E-state index contributed by atoms with van der Waals surface area (Å²) in [5.74, 6) is -7.14. The first-order valence-electron chi connectivity index (χ1n) is 11.6. The number of hydrogen-bond acceptors (Lipinski definition) is 6. The third-order valence-electron chi connectivity index (χ3n) is 6.93. The Morgan fingerprint density at radius 2 is 1.86 bits per heavy atom. The van der Waals surface area contributed by atoms with Crippen LogP contribution in [0.3, 0.4) is 0 Å². The molecule has 2 aromatic carbocycles. The fourth-order valence-corrected chi connectivity index (χ4v) is 4.83. The van der Waals surface area contributed by atoms with Gasteiger partial charge >= 0.3 is 11.9 Å². The summed E-state index contributed by atoms with van der Waals surface area (Å²) in [5.41, 5.74) is 5.98. The molecule has 1 fully saturated rings. The van der Waals surface area contributed by atoms with Crippen LogP contribution in [0.1, 0.15) is 54.1 Å². The molecule has 1 aliphatic carbocycles. The summed E-state index contributed by atoms with van der Waals surface area (Å²) in [6.45, 7) is -0.170. The van der Waals surface area contributed by atoms with Crippen LogP contribution in [-0.4, -0.2) is 45.8 Å². The van der Waals surface area contributed by atoms with E-state index in [0.29, 0.717) is 29.4 Å². The molecular formula is C25H27F3N4O4. The zero-order valence-corrected chi connectivity index (χ0v) is 19.4. The molecule has 0 aliphatic heterocycles. The molecule has 0 bridgehead atoms. The number of alkyl halides is 2. The Balaban J connectivity index is 1.64. The van der Waals surface area contributed by atoms with Gasteiger partial charge in [-0.3, -0.25) is 4.79 Å². The smallest absolute Gasteiger partial charge is 0.396 e. The van der Waals surface area contributed by atoms with Crippen molar-refractivity contribution < 1.29 is 32.9 Å². The SMILES string of the molecule is NC(=O)c1cccc2cn(-c3ccc(C(NCC4(CO)CCCCC4)C(F)(F)C(=O)OF)cc3)nc12. The van der Waals surface area contributed by atoms with Crippen molar-refractivity contribution in [2.45, 2.75) is 44.1 Å². The number of nitrogens with two attached hydrogens (primary N) is 1. The third-order valence-corrected chi connectivity index (χ3v) is 6.93. The minimum absolute atomic E-state index is 0.0194. The van der Waals surface area contributed by atoms with Crippen LogP contribution in [0.15, 0.2) is 48.7 Å². The van der Waals surface area contributed by atoms with Gasteiger partial charge in [-0.2, -0.15) is 13.9 Å². The molecule has 4 N–H and O–H groups in total. The van der Waals surface area contributed by atoms with Gasteiger partial charge in [0.15, 0.2) is 0 Å². The van der Waals surface area contributed by atoms with E-state index < -0.39 is 29.3 Å². The highest BCUT2D eigenvalue weighted by Gasteiger charge is 2.51. The first-order chi connectivity index (χ1) is 17.2. The number of hydrogen-bond donors (Lipinski definition) is 3. The van der Waals surface area contributed by atoms with Gasteiger partial charge in [-0.15, -0.1) is 0 Å². The Labute approximate surface area is 205 Å². The number of primary amides is 1. The molecular weight excluding hydrogens is 477 g/mol. The van der Waals surface area contributed by atoms with E-state index >= 15 is 0 Å². The molecule has 8 nitrogen and oxygen atoms in total. The number of halogens is 3. The van der Waals surface area contributed by atoms with Crippen molar-refractivity contribution in [1.29, 1.82) is 0 Å². The quantitative estimate of drug-likeness (QED) is 0.408. The van der Waals surface area contributed by atoms with Gasteiger partial charge in [0, 0.05) is 34.7 Å². The molecule has 36 heavy (non-hydrogen) atoms. The normalized spacial score (nSPS) is 16.6. The number of rotatable bonds is 9. The summed E-state index contributed by atoms with van der Waals surface area (Å²) in [7, 11) is 0. The van der Waals surface area contributed by atoms with Crippen LogP contribution in [-0.2, 0) is 9.74 Å². The van der Waals surface area contributed by atoms with Crippen LogP contribution in [0.25, 0.3) is 16.6 Å². The third kappa shape index (κ3) is 4.93. The zero-order valence-electron chi connectivity index (χ0n) is 19.4. The first kappa shape index (κ1) is 25.6. The van der Waals surface area contributed by atoms with Crippen LogP contribution in [0.4, 0.5) is 13.3 Å². The highest BCUT2D eigenvalue weighted by molar-refractivity contribution is 6.04. The van der Waals surface area contributed by atoms with Crippen LogP contribution in [0.2, 0.25) is 0 Å². The number of benzene rings is 2. The molecule has 1 aliphatic rings. The summed E-state index contributed by atoms with van der Waals surface area (Å²) >= 11 is 0. The summed E-state index contributed by atoms with van der Waals surface area (Å²) in [6, 6.07) is 8.87. The second kappa shape index (κ2) is 10.3. The van der Waals surface area contributed by atoms with E-state index in [4.69, 9.17) is 5.73 Å². The highest BCUT2D eigenvalue weighted by Crippen LogP contribution is 2.38. The highest BCUT2D eigenvalue weighted by atomic mass is 19.3. The number of aromatic nitrogens is 2. The van der Waals surface area contributed by atoms with Gasteiger partial charge in [-0.1, -0.05) is 43.5 Å². The lowest BCUT2D eigenvalue weighted by atomic mass is 9.74. The average Bonchev–Trinajstić information content (AvgIpc) is 3.33. The maximum absolute atomic E-state index is 14.9. The lowest BCUT2D eigenvalue weighted by Crippen LogP contribution is -2.48. The Bertz CT molecular complexity index is 1240. The average molecular weight is 505 g/mol. The Kier molecular flexibility index (Phi) is 7.32. The van der Waals surface area contributed by atoms with E-state index in [1.807, 2.05) is 0 Å². The van der Waals surface area contributed by atoms with E-state index in [0.717, 1.165) is 19.3 Å². The predicted octanol–water partition coefficient (Wildman–Crippen LogP) is 3.76. The molecule has 3 aromatic rings. The number of carbonyl (C=O) groups excluding carboxylic acids is 2. The van der Waals surface area contributed by atoms with Crippen LogP contribution in [0.5, 0.6) is 0 Å². The molecule has 11 heteroatoms. The number of nitrogens with one attached hydrogen (secondary N) is 1. The predicted molar refractivity (Wildman–Crippen MR) is 125 cm³/mol. The fourth-order valence-electron chi connectivity index (χ4n) is 4.83. The maximum Gasteiger partial charge on any atom is 0.419 e. The molecule has 4 rings (SSSR count). The molecule has 1 aromatic heterocycles. The summed E-state index contributed by atoms with van der Waals surface area (Å²) in [5, 5.41) is 17.7. The van der Waals surface area contributed by atoms with E-state index in [9.17, 15) is 28.0 Å². The van der Waals surface area contributed by atoms with Crippen LogP contribution < -0.4 is 11.1 Å². The summed E-state index contributed by atoms with van der Waals surface area (Å²) in [6.07, 6.45) is 5.69. The molecule has 192 valence electrons. The number of fused-ring (bicyclic) bond motifs is 1. The minimum atomic E-state index is -4.21. The topological polar surface area (TPSA) is 119 Å². The van der Waals surface area contributed by atoms with Gasteiger partial charge < -0.3 is 16.2 Å². The van der Waals surface area contributed by atoms with Crippen molar-refractivity contribution >= 4 is 22.8 Å². The van der Waals surface area contributed by atoms with E-state index in [1.165, 1.54) is 28.9 Å². The molecule has 1 amide bonds. The molecule has 1 atom stereocenters. The minimum Gasteiger partial charge on any atom is -0.396 e. The molecule has 0 saturated heterocycles. The van der Waals surface area contributed by atoms with Crippen molar-refractivity contribution in [3.63, 3.8) is 0 Å². The Morgan fingerprint density at radius 1 is 1.17 bits per heavy atom. The van der Waals surface area contributed by atoms with Crippen molar-refractivity contribution in [3.05, 3.63) is 59.8 Å². The lowest BCUT2D eigenvalue weighted by molar-refractivity contribution is -0.216. The van der Waals surface area contributed by atoms with Crippen molar-refractivity contribution in [3.8, 4) is 5.69 Å².